The standard InChI is InChI=1S/C20H26N6OS/c1-24(2)8-10-27-11-9-26-14-23-15(19-20(26)22-13-21-19)12-18-25(3)16-6-4-5-7-17(16)28-18/h4-7,12,14,21H,8-11,13H2,1-3H3/p+1/b18-12-. The highest BCUT2D eigenvalue weighted by atomic mass is 32.2. The second-order valence-corrected chi connectivity index (χ2v) is 8.17. The molecule has 0 radical (unpaired) electrons. The third-order valence-electron chi connectivity index (χ3n) is 4.83. The van der Waals surface area contributed by atoms with E-state index in [2.05, 4.69) is 76.5 Å². The Labute approximate surface area is 170 Å². The van der Waals surface area contributed by atoms with Gasteiger partial charge in [0, 0.05) is 24.6 Å². The number of rotatable bonds is 7. The van der Waals surface area contributed by atoms with E-state index in [1.807, 2.05) is 6.33 Å². The highest BCUT2D eigenvalue weighted by molar-refractivity contribution is 8.03. The van der Waals surface area contributed by atoms with Gasteiger partial charge in [-0.25, -0.2) is 4.57 Å². The number of nitrogens with zero attached hydrogens (tertiary/aromatic N) is 4. The first-order valence-corrected chi connectivity index (χ1v) is 10.3. The molecule has 1 aromatic heterocycles. The summed E-state index contributed by atoms with van der Waals surface area (Å²) < 4.78 is 7.85. The van der Waals surface area contributed by atoms with Crippen molar-refractivity contribution >= 4 is 35.0 Å². The number of benzene rings is 1. The van der Waals surface area contributed by atoms with E-state index < -0.39 is 0 Å². The van der Waals surface area contributed by atoms with Gasteiger partial charge in [-0.15, -0.1) is 4.98 Å². The van der Waals surface area contributed by atoms with Crippen molar-refractivity contribution in [2.24, 2.45) is 0 Å². The number of aromatic nitrogens is 2. The molecule has 0 unspecified atom stereocenters. The van der Waals surface area contributed by atoms with Crippen molar-refractivity contribution < 1.29 is 9.30 Å². The number of fused-ring (bicyclic) bond motifs is 2. The van der Waals surface area contributed by atoms with Gasteiger partial charge in [-0.1, -0.05) is 23.9 Å². The summed E-state index contributed by atoms with van der Waals surface area (Å²) in [5.74, 6) is 1.07. The largest absolute Gasteiger partial charge is 0.377 e. The summed E-state index contributed by atoms with van der Waals surface area (Å²) in [5, 5.41) is 8.02. The number of hydrogen-bond acceptors (Lipinski definition) is 7. The number of anilines is 3. The second-order valence-electron chi connectivity index (χ2n) is 7.10. The average Bonchev–Trinajstić information content (AvgIpc) is 3.29. The number of ether oxygens (including phenoxy) is 1. The maximum atomic E-state index is 5.74. The molecule has 28 heavy (non-hydrogen) atoms. The van der Waals surface area contributed by atoms with Gasteiger partial charge in [-0.2, -0.15) is 0 Å². The van der Waals surface area contributed by atoms with Gasteiger partial charge < -0.3 is 19.9 Å². The van der Waals surface area contributed by atoms with Gasteiger partial charge in [0.05, 0.1) is 30.5 Å². The van der Waals surface area contributed by atoms with Crippen LogP contribution in [0.25, 0.3) is 6.08 Å². The summed E-state index contributed by atoms with van der Waals surface area (Å²) in [6.07, 6.45) is 4.05. The van der Waals surface area contributed by atoms with Gasteiger partial charge in [0.1, 0.15) is 6.67 Å². The maximum absolute atomic E-state index is 5.74. The van der Waals surface area contributed by atoms with E-state index in [-0.39, 0.29) is 0 Å². The van der Waals surface area contributed by atoms with Gasteiger partial charge >= 0.3 is 0 Å². The zero-order valence-electron chi connectivity index (χ0n) is 16.6. The second kappa shape index (κ2) is 8.38. The highest BCUT2D eigenvalue weighted by Crippen LogP contribution is 2.45. The average molecular weight is 400 g/mol. The summed E-state index contributed by atoms with van der Waals surface area (Å²) in [6, 6.07) is 8.46. The van der Waals surface area contributed by atoms with E-state index >= 15 is 0 Å². The minimum atomic E-state index is 0.669. The zero-order valence-corrected chi connectivity index (χ0v) is 17.4. The molecule has 2 aliphatic heterocycles. The normalized spacial score (nSPS) is 16.3. The molecule has 2 aromatic rings. The van der Waals surface area contributed by atoms with Gasteiger partial charge in [-0.05, 0) is 26.2 Å². The Morgan fingerprint density at radius 2 is 2.14 bits per heavy atom. The number of hydrogen-bond donors (Lipinski definition) is 2. The predicted molar refractivity (Wildman–Crippen MR) is 115 cm³/mol. The Kier molecular flexibility index (Phi) is 5.70. The van der Waals surface area contributed by atoms with E-state index in [0.29, 0.717) is 13.3 Å². The van der Waals surface area contributed by atoms with Crippen molar-refractivity contribution in [3.63, 3.8) is 0 Å². The molecule has 2 N–H and O–H groups in total. The molecule has 148 valence electrons. The molecule has 7 nitrogen and oxygen atoms in total. The topological polar surface area (TPSA) is 56.5 Å². The fraction of sp³-hybridized carbons (Fsp3) is 0.400. The lowest BCUT2D eigenvalue weighted by molar-refractivity contribution is -0.686. The first-order chi connectivity index (χ1) is 13.6. The third-order valence-corrected chi connectivity index (χ3v) is 5.99. The molecule has 8 heteroatoms. The van der Waals surface area contributed by atoms with E-state index in [1.54, 1.807) is 11.8 Å². The SMILES string of the molecule is CN(C)CCOCC[n+]1cnc(/C=C2\Sc3ccccc3N2C)c2c1NCN2. The molecule has 4 rings (SSSR count). The quantitative estimate of drug-likeness (QED) is 0.547. The summed E-state index contributed by atoms with van der Waals surface area (Å²) >= 11 is 1.78. The van der Waals surface area contributed by atoms with Gasteiger partial charge in [0.25, 0.3) is 0 Å². The van der Waals surface area contributed by atoms with E-state index in [0.717, 1.165) is 36.9 Å². The van der Waals surface area contributed by atoms with Crippen LogP contribution in [0, 0.1) is 0 Å². The lowest BCUT2D eigenvalue weighted by Gasteiger charge is -2.13. The van der Waals surface area contributed by atoms with E-state index in [9.17, 15) is 0 Å². The Hall–Kier alpha value is -2.29. The number of thioether (sulfide) groups is 1. The minimum Gasteiger partial charge on any atom is -0.377 e. The van der Waals surface area contributed by atoms with Gasteiger partial charge in [0.2, 0.25) is 12.1 Å². The molecular formula is C20H27N6OS+. The lowest BCUT2D eigenvalue weighted by atomic mass is 10.3. The van der Waals surface area contributed by atoms with Crippen LogP contribution in [0.15, 0.2) is 40.5 Å². The lowest BCUT2D eigenvalue weighted by Crippen LogP contribution is -2.39. The Balaban J connectivity index is 1.49. The molecule has 0 fully saturated rings. The zero-order chi connectivity index (χ0) is 19.5. The van der Waals surface area contributed by atoms with Crippen LogP contribution in [0.5, 0.6) is 0 Å². The van der Waals surface area contributed by atoms with Crippen molar-refractivity contribution in [2.75, 3.05) is 63.1 Å². The minimum absolute atomic E-state index is 0.669. The predicted octanol–water partition coefficient (Wildman–Crippen LogP) is 2.28. The molecule has 0 aliphatic carbocycles. The van der Waals surface area contributed by atoms with Crippen LogP contribution in [0.4, 0.5) is 17.2 Å². The molecule has 0 atom stereocenters. The highest BCUT2D eigenvalue weighted by Gasteiger charge is 2.27. The Morgan fingerprint density at radius 3 is 2.96 bits per heavy atom. The number of para-hydroxylation sites is 1. The van der Waals surface area contributed by atoms with Crippen LogP contribution < -0.4 is 20.1 Å². The molecule has 0 bridgehead atoms. The number of likely N-dealkylation sites (N-methyl/N-ethyl adjacent to an activating group) is 1. The summed E-state index contributed by atoms with van der Waals surface area (Å²) in [4.78, 5) is 10.3. The van der Waals surface area contributed by atoms with Crippen molar-refractivity contribution in [1.82, 2.24) is 9.88 Å². The number of nitrogens with one attached hydrogen (secondary N) is 2. The first-order valence-electron chi connectivity index (χ1n) is 9.48. The third kappa shape index (κ3) is 3.94. The molecule has 0 saturated heterocycles. The smallest absolute Gasteiger partial charge is 0.250 e. The molecule has 0 spiro atoms. The molecule has 0 saturated carbocycles. The van der Waals surface area contributed by atoms with E-state index in [4.69, 9.17) is 9.72 Å². The molecule has 3 heterocycles. The van der Waals surface area contributed by atoms with Crippen LogP contribution in [0.3, 0.4) is 0 Å². The van der Waals surface area contributed by atoms with Crippen LogP contribution in [0.2, 0.25) is 0 Å². The van der Waals surface area contributed by atoms with Crippen molar-refractivity contribution in [3.8, 4) is 0 Å². The maximum Gasteiger partial charge on any atom is 0.250 e. The van der Waals surface area contributed by atoms with Gasteiger partial charge in [0.15, 0.2) is 11.4 Å². The van der Waals surface area contributed by atoms with E-state index in [1.165, 1.54) is 15.6 Å². The summed E-state index contributed by atoms with van der Waals surface area (Å²) in [6.45, 7) is 3.82. The molecule has 1 aromatic carbocycles. The Bertz CT molecular complexity index is 885. The molecule has 0 amide bonds. The van der Waals surface area contributed by atoms with Gasteiger partial charge in [-0.3, -0.25) is 5.32 Å². The Morgan fingerprint density at radius 1 is 1.29 bits per heavy atom. The molecule has 2 aliphatic rings. The fourth-order valence-electron chi connectivity index (χ4n) is 3.25. The van der Waals surface area contributed by atoms with Crippen LogP contribution >= 0.6 is 11.8 Å². The van der Waals surface area contributed by atoms with Crippen LogP contribution in [-0.2, 0) is 11.3 Å². The van der Waals surface area contributed by atoms with Crippen molar-refractivity contribution in [2.45, 2.75) is 11.4 Å². The van der Waals surface area contributed by atoms with Crippen LogP contribution in [-0.4, -0.2) is 57.5 Å². The van der Waals surface area contributed by atoms with Crippen molar-refractivity contribution in [1.29, 1.82) is 0 Å². The fourth-order valence-corrected chi connectivity index (χ4v) is 4.34. The molecular weight excluding hydrogens is 372 g/mol. The first kappa shape index (κ1) is 19.0. The van der Waals surface area contributed by atoms with Crippen LogP contribution in [0.1, 0.15) is 5.69 Å². The van der Waals surface area contributed by atoms with Crippen molar-refractivity contribution in [3.05, 3.63) is 41.3 Å². The summed E-state index contributed by atoms with van der Waals surface area (Å²) in [7, 11) is 6.21. The monoisotopic (exact) mass is 399 g/mol. The summed E-state index contributed by atoms with van der Waals surface area (Å²) in [5.41, 5.74) is 3.24.